The Kier molecular flexibility index (Phi) is 3.01. The Hall–Kier alpha value is -1.64. The number of aliphatic hydroxyl groups excluding tert-OH is 2. The van der Waals surface area contributed by atoms with E-state index in [4.69, 9.17) is 21.3 Å². The standard InChI is InChI=1S/C9H14N4O4/c10-4-2-13(9(16)12-8(4)11)7-1-5(15)6(3-14)17-7/h2,5-7,14-15H,1,3,10H2,(H2,11,12,16)/t5-,6+,7-/m0/s1. The zero-order chi connectivity index (χ0) is 12.6. The molecular weight excluding hydrogens is 228 g/mol. The predicted octanol–water partition coefficient (Wildman–Crippen LogP) is -1.95. The topological polar surface area (TPSA) is 137 Å². The minimum Gasteiger partial charge on any atom is -0.395 e. The fourth-order valence-corrected chi connectivity index (χ4v) is 1.75. The van der Waals surface area contributed by atoms with Crippen molar-refractivity contribution in [2.24, 2.45) is 0 Å². The SMILES string of the molecule is Nc1cn([C@@H]2C[C@H](O)[C@@H](CO)O2)c(=O)nc1N. The van der Waals surface area contributed by atoms with Crippen molar-refractivity contribution < 1.29 is 14.9 Å². The van der Waals surface area contributed by atoms with Crippen molar-refractivity contribution in [3.63, 3.8) is 0 Å². The smallest absolute Gasteiger partial charge is 0.351 e. The summed E-state index contributed by atoms with van der Waals surface area (Å²) in [6, 6.07) is 0. The molecule has 1 aromatic rings. The van der Waals surface area contributed by atoms with Gasteiger partial charge in [0.1, 0.15) is 12.3 Å². The maximum Gasteiger partial charge on any atom is 0.351 e. The summed E-state index contributed by atoms with van der Waals surface area (Å²) in [4.78, 5) is 15.1. The molecule has 94 valence electrons. The van der Waals surface area contributed by atoms with E-state index in [1.54, 1.807) is 0 Å². The van der Waals surface area contributed by atoms with E-state index < -0.39 is 24.1 Å². The summed E-state index contributed by atoms with van der Waals surface area (Å²) >= 11 is 0. The molecule has 0 aromatic carbocycles. The van der Waals surface area contributed by atoms with Crippen molar-refractivity contribution in [1.29, 1.82) is 0 Å². The molecule has 0 unspecified atom stereocenters. The van der Waals surface area contributed by atoms with Crippen molar-refractivity contribution in [2.75, 3.05) is 18.1 Å². The van der Waals surface area contributed by atoms with Crippen LogP contribution < -0.4 is 17.2 Å². The Morgan fingerprint density at radius 2 is 2.29 bits per heavy atom. The third-order valence-electron chi connectivity index (χ3n) is 2.71. The van der Waals surface area contributed by atoms with Crippen LogP contribution in [0.15, 0.2) is 11.0 Å². The molecule has 2 rings (SSSR count). The number of nitrogens with two attached hydrogens (primary N) is 2. The number of aromatic nitrogens is 2. The monoisotopic (exact) mass is 242 g/mol. The van der Waals surface area contributed by atoms with Gasteiger partial charge < -0.3 is 26.4 Å². The van der Waals surface area contributed by atoms with Gasteiger partial charge in [-0.3, -0.25) is 4.57 Å². The molecule has 1 saturated heterocycles. The lowest BCUT2D eigenvalue weighted by Gasteiger charge is -2.14. The molecule has 1 aromatic heterocycles. The minimum atomic E-state index is -0.823. The summed E-state index contributed by atoms with van der Waals surface area (Å²) in [5, 5.41) is 18.5. The first-order chi connectivity index (χ1) is 8.02. The van der Waals surface area contributed by atoms with E-state index in [9.17, 15) is 9.90 Å². The van der Waals surface area contributed by atoms with Gasteiger partial charge in [0.25, 0.3) is 0 Å². The largest absolute Gasteiger partial charge is 0.395 e. The van der Waals surface area contributed by atoms with Gasteiger partial charge in [0.15, 0.2) is 5.82 Å². The minimum absolute atomic E-state index is 0.0384. The van der Waals surface area contributed by atoms with E-state index in [1.165, 1.54) is 6.20 Å². The van der Waals surface area contributed by atoms with Crippen LogP contribution in [0.25, 0.3) is 0 Å². The molecule has 0 saturated carbocycles. The number of anilines is 2. The van der Waals surface area contributed by atoms with Gasteiger partial charge >= 0.3 is 5.69 Å². The van der Waals surface area contributed by atoms with Crippen LogP contribution >= 0.6 is 0 Å². The number of aliphatic hydroxyl groups is 2. The Morgan fingerprint density at radius 3 is 2.88 bits per heavy atom. The maximum atomic E-state index is 11.6. The van der Waals surface area contributed by atoms with Crippen molar-refractivity contribution in [2.45, 2.75) is 24.9 Å². The lowest BCUT2D eigenvalue weighted by Crippen LogP contribution is -2.28. The molecule has 0 aliphatic carbocycles. The van der Waals surface area contributed by atoms with Crippen LogP contribution in [-0.4, -0.2) is 38.6 Å². The molecule has 0 amide bonds. The molecule has 0 spiro atoms. The Labute approximate surface area is 96.4 Å². The van der Waals surface area contributed by atoms with Crippen LogP contribution in [0.5, 0.6) is 0 Å². The van der Waals surface area contributed by atoms with Gasteiger partial charge in [0.2, 0.25) is 0 Å². The molecule has 0 bridgehead atoms. The second-order valence-corrected chi connectivity index (χ2v) is 3.89. The molecule has 2 heterocycles. The van der Waals surface area contributed by atoms with Gasteiger partial charge in [-0.2, -0.15) is 4.98 Å². The average Bonchev–Trinajstić information content (AvgIpc) is 2.65. The van der Waals surface area contributed by atoms with Gasteiger partial charge in [-0.1, -0.05) is 0 Å². The van der Waals surface area contributed by atoms with Crippen molar-refractivity contribution in [3.05, 3.63) is 16.7 Å². The molecule has 8 nitrogen and oxygen atoms in total. The average molecular weight is 242 g/mol. The molecule has 0 radical (unpaired) electrons. The number of rotatable bonds is 2. The zero-order valence-corrected chi connectivity index (χ0v) is 8.98. The number of nitrogens with zero attached hydrogens (tertiary/aromatic N) is 2. The zero-order valence-electron chi connectivity index (χ0n) is 8.98. The second kappa shape index (κ2) is 4.32. The third kappa shape index (κ3) is 2.09. The Bertz CT molecular complexity index is 475. The number of ether oxygens (including phenoxy) is 1. The van der Waals surface area contributed by atoms with Crippen LogP contribution in [-0.2, 0) is 4.74 Å². The van der Waals surface area contributed by atoms with Crippen molar-refractivity contribution in [1.82, 2.24) is 9.55 Å². The summed E-state index contributed by atoms with van der Waals surface area (Å²) in [5.74, 6) is -0.0384. The van der Waals surface area contributed by atoms with E-state index in [1.807, 2.05) is 0 Å². The summed E-state index contributed by atoms with van der Waals surface area (Å²) in [7, 11) is 0. The highest BCUT2D eigenvalue weighted by atomic mass is 16.5. The number of hydrogen-bond donors (Lipinski definition) is 4. The molecular formula is C9H14N4O4. The number of hydrogen-bond acceptors (Lipinski definition) is 7. The van der Waals surface area contributed by atoms with Crippen LogP contribution in [0.4, 0.5) is 11.5 Å². The second-order valence-electron chi connectivity index (χ2n) is 3.89. The normalized spacial score (nSPS) is 28.5. The van der Waals surface area contributed by atoms with Crippen LogP contribution in [0.2, 0.25) is 0 Å². The predicted molar refractivity (Wildman–Crippen MR) is 58.9 cm³/mol. The summed E-state index contributed by atoms with van der Waals surface area (Å²) < 4.78 is 6.47. The van der Waals surface area contributed by atoms with E-state index in [0.717, 1.165) is 4.57 Å². The van der Waals surface area contributed by atoms with E-state index >= 15 is 0 Å². The van der Waals surface area contributed by atoms with Crippen LogP contribution in [0, 0.1) is 0 Å². The summed E-state index contributed by atoms with van der Waals surface area (Å²) in [6.45, 7) is -0.315. The fourth-order valence-electron chi connectivity index (χ4n) is 1.75. The number of nitrogen functional groups attached to an aromatic ring is 2. The van der Waals surface area contributed by atoms with E-state index in [0.29, 0.717) is 0 Å². The first kappa shape index (κ1) is 11.8. The molecule has 1 aliphatic heterocycles. The fraction of sp³-hybridized carbons (Fsp3) is 0.556. The molecule has 3 atom stereocenters. The summed E-state index contributed by atoms with van der Waals surface area (Å²) in [5.41, 5.74) is 10.5. The molecule has 17 heavy (non-hydrogen) atoms. The maximum absolute atomic E-state index is 11.6. The van der Waals surface area contributed by atoms with Crippen LogP contribution in [0.3, 0.4) is 0 Å². The highest BCUT2D eigenvalue weighted by Crippen LogP contribution is 2.27. The van der Waals surface area contributed by atoms with Gasteiger partial charge in [0.05, 0.1) is 18.4 Å². The third-order valence-corrected chi connectivity index (χ3v) is 2.71. The van der Waals surface area contributed by atoms with Crippen molar-refractivity contribution >= 4 is 11.5 Å². The van der Waals surface area contributed by atoms with Crippen molar-refractivity contribution in [3.8, 4) is 0 Å². The van der Waals surface area contributed by atoms with E-state index in [2.05, 4.69) is 4.98 Å². The van der Waals surface area contributed by atoms with Gasteiger partial charge in [0, 0.05) is 12.6 Å². The van der Waals surface area contributed by atoms with Gasteiger partial charge in [-0.15, -0.1) is 0 Å². The Morgan fingerprint density at radius 1 is 1.59 bits per heavy atom. The first-order valence-electron chi connectivity index (χ1n) is 5.11. The van der Waals surface area contributed by atoms with E-state index in [-0.39, 0.29) is 24.5 Å². The quantitative estimate of drug-likeness (QED) is 0.473. The highest BCUT2D eigenvalue weighted by Gasteiger charge is 2.35. The first-order valence-corrected chi connectivity index (χ1v) is 5.11. The lowest BCUT2D eigenvalue weighted by atomic mass is 10.2. The van der Waals surface area contributed by atoms with Gasteiger partial charge in [-0.05, 0) is 0 Å². The lowest BCUT2D eigenvalue weighted by molar-refractivity contribution is -0.0458. The molecule has 1 fully saturated rings. The van der Waals surface area contributed by atoms with Gasteiger partial charge in [-0.25, -0.2) is 4.79 Å². The highest BCUT2D eigenvalue weighted by molar-refractivity contribution is 5.55. The van der Waals surface area contributed by atoms with Crippen LogP contribution in [0.1, 0.15) is 12.6 Å². The molecule has 8 heteroatoms. The molecule has 1 aliphatic rings. The Balaban J connectivity index is 2.30. The molecule has 6 N–H and O–H groups in total. The summed E-state index contributed by atoms with van der Waals surface area (Å²) in [6.07, 6.45) is -0.704.